The van der Waals surface area contributed by atoms with Crippen molar-refractivity contribution in [3.63, 3.8) is 0 Å². The molecule has 0 spiro atoms. The Morgan fingerprint density at radius 2 is 1.71 bits per heavy atom. The van der Waals surface area contributed by atoms with Crippen LogP contribution in [0.25, 0.3) is 0 Å². The van der Waals surface area contributed by atoms with Gasteiger partial charge in [0.15, 0.2) is 14.4 Å². The maximum atomic E-state index is 12.1. The number of carbonyl (C=O) groups excluding carboxylic acids is 1. The molecule has 2 atom stereocenters. The number of esters is 1. The van der Waals surface area contributed by atoms with E-state index in [1.54, 1.807) is 0 Å². The van der Waals surface area contributed by atoms with E-state index in [1.807, 2.05) is 30.3 Å². The lowest BCUT2D eigenvalue weighted by Crippen LogP contribution is -2.49. The average Bonchev–Trinajstić information content (AvgIpc) is 2.43. The fourth-order valence-corrected chi connectivity index (χ4v) is 2.96. The van der Waals surface area contributed by atoms with E-state index < -0.39 is 26.4 Å². The number of ether oxygens (including phenoxy) is 1. The zero-order valence-electron chi connectivity index (χ0n) is 13.8. The maximum absolute atomic E-state index is 12.1. The number of carbonyl (C=O) groups is 1. The highest BCUT2D eigenvalue weighted by atomic mass is 28.4. The molecule has 0 aliphatic rings. The predicted molar refractivity (Wildman–Crippen MR) is 87.5 cm³/mol. The Morgan fingerprint density at radius 3 is 2.14 bits per heavy atom. The highest BCUT2D eigenvalue weighted by Crippen LogP contribution is 2.38. The second-order valence-electron chi connectivity index (χ2n) is 6.76. The van der Waals surface area contributed by atoms with Crippen molar-refractivity contribution >= 4 is 14.3 Å². The minimum Gasteiger partial charge on any atom is -0.467 e. The molecule has 0 unspecified atom stereocenters. The molecule has 0 saturated carbocycles. The van der Waals surface area contributed by atoms with E-state index in [-0.39, 0.29) is 5.04 Å². The normalized spacial score (nSPS) is 15.4. The van der Waals surface area contributed by atoms with Gasteiger partial charge in [0.05, 0.1) is 13.2 Å². The van der Waals surface area contributed by atoms with Crippen LogP contribution < -0.4 is 5.73 Å². The van der Waals surface area contributed by atoms with Crippen molar-refractivity contribution in [3.8, 4) is 0 Å². The molecule has 1 aromatic rings. The number of nitrogens with two attached hydrogens (primary N) is 1. The third-order valence-corrected chi connectivity index (χ3v) is 8.63. The minimum absolute atomic E-state index is 0.00429. The van der Waals surface area contributed by atoms with Gasteiger partial charge in [-0.05, 0) is 23.7 Å². The maximum Gasteiger partial charge on any atom is 0.335 e. The van der Waals surface area contributed by atoms with Gasteiger partial charge in [-0.25, -0.2) is 4.79 Å². The molecule has 0 saturated heterocycles. The molecule has 118 valence electrons. The van der Waals surface area contributed by atoms with E-state index in [2.05, 4.69) is 33.9 Å². The average molecular weight is 309 g/mol. The summed E-state index contributed by atoms with van der Waals surface area (Å²) in [6.07, 6.45) is -0.779. The van der Waals surface area contributed by atoms with Crippen molar-refractivity contribution in [2.45, 2.75) is 51.0 Å². The minimum atomic E-state index is -2.12. The molecule has 0 aliphatic carbocycles. The van der Waals surface area contributed by atoms with Crippen molar-refractivity contribution < 1.29 is 14.0 Å². The molecule has 0 aromatic heterocycles. The molecule has 21 heavy (non-hydrogen) atoms. The van der Waals surface area contributed by atoms with E-state index in [4.69, 9.17) is 14.9 Å². The Bertz CT molecular complexity index is 468. The van der Waals surface area contributed by atoms with Crippen LogP contribution in [0.15, 0.2) is 30.3 Å². The standard InChI is InChI=1S/C16H27NO3Si/c1-16(2,3)21(5,6)20-14(15(18)19-4)13(17)12-10-8-7-9-11-12/h7-11,13-14H,17H2,1-6H3/t13-,14+/m1/s1. The lowest BCUT2D eigenvalue weighted by Gasteiger charge is -2.39. The summed E-state index contributed by atoms with van der Waals surface area (Å²) in [5, 5.41) is -0.00429. The number of hydrogen-bond donors (Lipinski definition) is 1. The number of benzene rings is 1. The van der Waals surface area contributed by atoms with Gasteiger partial charge in [0.2, 0.25) is 0 Å². The Morgan fingerprint density at radius 1 is 1.19 bits per heavy atom. The predicted octanol–water partition coefficient (Wildman–Crippen LogP) is 3.25. The smallest absolute Gasteiger partial charge is 0.335 e. The van der Waals surface area contributed by atoms with Crippen LogP contribution in [0, 0.1) is 0 Å². The molecular weight excluding hydrogens is 282 g/mol. The van der Waals surface area contributed by atoms with Gasteiger partial charge in [0, 0.05) is 0 Å². The van der Waals surface area contributed by atoms with Crippen LogP contribution in [0.4, 0.5) is 0 Å². The topological polar surface area (TPSA) is 61.5 Å². The van der Waals surface area contributed by atoms with Crippen LogP contribution in [0.5, 0.6) is 0 Å². The van der Waals surface area contributed by atoms with Crippen LogP contribution >= 0.6 is 0 Å². The number of methoxy groups -OCH3 is 1. The first kappa shape index (κ1) is 17.9. The van der Waals surface area contributed by atoms with E-state index >= 15 is 0 Å². The summed E-state index contributed by atoms with van der Waals surface area (Å²) >= 11 is 0. The van der Waals surface area contributed by atoms with Crippen LogP contribution in [0.1, 0.15) is 32.4 Å². The summed E-state index contributed by atoms with van der Waals surface area (Å²) in [5.41, 5.74) is 7.13. The fraction of sp³-hybridized carbons (Fsp3) is 0.562. The molecule has 0 bridgehead atoms. The van der Waals surface area contributed by atoms with E-state index in [0.29, 0.717) is 0 Å². The fourth-order valence-electron chi connectivity index (χ4n) is 1.73. The van der Waals surface area contributed by atoms with E-state index in [0.717, 1.165) is 5.56 Å². The highest BCUT2D eigenvalue weighted by Gasteiger charge is 2.43. The van der Waals surface area contributed by atoms with Crippen molar-refractivity contribution in [2.24, 2.45) is 5.73 Å². The van der Waals surface area contributed by atoms with Crippen molar-refractivity contribution in [2.75, 3.05) is 7.11 Å². The Kier molecular flexibility index (Phi) is 5.73. The second kappa shape index (κ2) is 6.73. The molecule has 4 nitrogen and oxygen atoms in total. The zero-order valence-corrected chi connectivity index (χ0v) is 14.8. The molecule has 5 heteroatoms. The van der Waals surface area contributed by atoms with Gasteiger partial charge in [-0.15, -0.1) is 0 Å². The number of rotatable bonds is 5. The third-order valence-electron chi connectivity index (χ3n) is 4.17. The molecule has 2 N–H and O–H groups in total. The van der Waals surface area contributed by atoms with Gasteiger partial charge >= 0.3 is 5.97 Å². The molecule has 1 aromatic carbocycles. The van der Waals surface area contributed by atoms with Crippen molar-refractivity contribution in [1.82, 2.24) is 0 Å². The molecule has 0 fully saturated rings. The molecule has 0 heterocycles. The van der Waals surface area contributed by atoms with E-state index in [1.165, 1.54) is 7.11 Å². The first-order chi connectivity index (χ1) is 9.60. The Labute approximate surface area is 128 Å². The molecular formula is C16H27NO3Si. The van der Waals surface area contributed by atoms with Crippen molar-refractivity contribution in [3.05, 3.63) is 35.9 Å². The summed E-state index contributed by atoms with van der Waals surface area (Å²) in [6.45, 7) is 10.6. The van der Waals surface area contributed by atoms with Gasteiger partial charge in [-0.3, -0.25) is 0 Å². The van der Waals surface area contributed by atoms with Gasteiger partial charge in [-0.2, -0.15) is 0 Å². The first-order valence-electron chi connectivity index (χ1n) is 7.16. The molecule has 0 aliphatic heterocycles. The van der Waals surface area contributed by atoms with Gasteiger partial charge < -0.3 is 14.9 Å². The molecule has 0 radical (unpaired) electrons. The molecule has 1 rings (SSSR count). The summed E-state index contributed by atoms with van der Waals surface area (Å²) in [6, 6.07) is 8.97. The quantitative estimate of drug-likeness (QED) is 0.670. The summed E-state index contributed by atoms with van der Waals surface area (Å²) in [7, 11) is -0.760. The highest BCUT2D eigenvalue weighted by molar-refractivity contribution is 6.74. The van der Waals surface area contributed by atoms with Gasteiger partial charge in [0.25, 0.3) is 0 Å². The molecule has 0 amide bonds. The van der Waals surface area contributed by atoms with Crippen LogP contribution in [0.3, 0.4) is 0 Å². The summed E-state index contributed by atoms with van der Waals surface area (Å²) in [4.78, 5) is 12.1. The summed E-state index contributed by atoms with van der Waals surface area (Å²) < 4.78 is 11.1. The van der Waals surface area contributed by atoms with Crippen LogP contribution in [-0.4, -0.2) is 27.5 Å². The monoisotopic (exact) mass is 309 g/mol. The lowest BCUT2D eigenvalue weighted by molar-refractivity contribution is -0.150. The van der Waals surface area contributed by atoms with Crippen molar-refractivity contribution in [1.29, 1.82) is 0 Å². The zero-order chi connectivity index (χ0) is 16.3. The summed E-state index contributed by atoms with van der Waals surface area (Å²) in [5.74, 6) is -0.420. The van der Waals surface area contributed by atoms with Gasteiger partial charge in [-0.1, -0.05) is 51.1 Å². The Balaban J connectivity index is 3.05. The Hall–Kier alpha value is -1.17. The van der Waals surface area contributed by atoms with Crippen LogP contribution in [0.2, 0.25) is 18.1 Å². The van der Waals surface area contributed by atoms with Crippen LogP contribution in [-0.2, 0) is 14.0 Å². The largest absolute Gasteiger partial charge is 0.467 e. The second-order valence-corrected chi connectivity index (χ2v) is 11.5. The lowest BCUT2D eigenvalue weighted by atomic mass is 10.0. The SMILES string of the molecule is COC(=O)[C@@H](O[Si](C)(C)C(C)(C)C)[C@H](N)c1ccccc1. The third kappa shape index (κ3) is 4.39. The van der Waals surface area contributed by atoms with Gasteiger partial charge in [0.1, 0.15) is 0 Å². The first-order valence-corrected chi connectivity index (χ1v) is 10.1. The van der Waals surface area contributed by atoms with E-state index in [9.17, 15) is 4.79 Å². The number of hydrogen-bond acceptors (Lipinski definition) is 4.